The molecule has 0 heterocycles. The highest BCUT2D eigenvalue weighted by atomic mass is 16.2. The maximum absolute atomic E-state index is 12.5. The zero-order valence-corrected chi connectivity index (χ0v) is 13.4. The van der Waals surface area contributed by atoms with Crippen LogP contribution >= 0.6 is 0 Å². The summed E-state index contributed by atoms with van der Waals surface area (Å²) < 4.78 is 0. The monoisotopic (exact) mass is 289 g/mol. The largest absolute Gasteiger partial charge is 0.378 e. The highest BCUT2D eigenvalue weighted by Gasteiger charge is 2.30. The maximum atomic E-state index is 12.5. The number of rotatable bonds is 4. The lowest BCUT2D eigenvalue weighted by atomic mass is 9.84. The van der Waals surface area contributed by atoms with Crippen LogP contribution < -0.4 is 10.6 Å². The Morgan fingerprint density at radius 1 is 1.14 bits per heavy atom. The Morgan fingerprint density at radius 2 is 1.76 bits per heavy atom. The predicted molar refractivity (Wildman–Crippen MR) is 87.2 cm³/mol. The van der Waals surface area contributed by atoms with E-state index in [4.69, 9.17) is 5.73 Å². The number of anilines is 1. The average Bonchev–Trinajstić information content (AvgIpc) is 2.47. The van der Waals surface area contributed by atoms with Crippen LogP contribution in [0.4, 0.5) is 5.69 Å². The van der Waals surface area contributed by atoms with Crippen LogP contribution in [-0.4, -0.2) is 38.0 Å². The molecule has 0 bridgehead atoms. The van der Waals surface area contributed by atoms with E-state index in [0.29, 0.717) is 6.54 Å². The van der Waals surface area contributed by atoms with E-state index in [9.17, 15) is 4.79 Å². The summed E-state index contributed by atoms with van der Waals surface area (Å²) in [6, 6.07) is 8.37. The molecular formula is C17H27N3O. The Kier molecular flexibility index (Phi) is 5.23. The number of nitrogens with two attached hydrogens (primary N) is 1. The fraction of sp³-hybridized carbons (Fsp3) is 0.588. The average molecular weight is 289 g/mol. The van der Waals surface area contributed by atoms with Gasteiger partial charge in [-0.15, -0.1) is 0 Å². The maximum Gasteiger partial charge on any atom is 0.227 e. The minimum Gasteiger partial charge on any atom is -0.378 e. The molecule has 0 spiro atoms. The Balaban J connectivity index is 1.96. The first-order valence-corrected chi connectivity index (χ1v) is 7.76. The number of hydrogen-bond acceptors (Lipinski definition) is 3. The molecule has 1 amide bonds. The number of amides is 1. The molecule has 1 aliphatic rings. The molecule has 1 fully saturated rings. The number of benzene rings is 1. The van der Waals surface area contributed by atoms with E-state index in [1.54, 1.807) is 0 Å². The van der Waals surface area contributed by atoms with Gasteiger partial charge in [0.25, 0.3) is 0 Å². The van der Waals surface area contributed by atoms with E-state index in [1.165, 1.54) is 5.69 Å². The molecule has 4 nitrogen and oxygen atoms in total. The standard InChI is InChI=1S/C17H27N3O/c1-19(2)14-10-8-13(9-11-14)12-20(3)17(21)15-6-4-5-7-16(15)18/h8-11,15-16H,4-7,12,18H2,1-3H3. The van der Waals surface area contributed by atoms with Crippen LogP contribution in [0.15, 0.2) is 24.3 Å². The summed E-state index contributed by atoms with van der Waals surface area (Å²) in [5.41, 5.74) is 8.43. The van der Waals surface area contributed by atoms with Crippen LogP contribution in [0.25, 0.3) is 0 Å². The molecule has 1 saturated carbocycles. The van der Waals surface area contributed by atoms with E-state index < -0.39 is 0 Å². The van der Waals surface area contributed by atoms with E-state index in [0.717, 1.165) is 31.2 Å². The van der Waals surface area contributed by atoms with Crippen LogP contribution in [0.1, 0.15) is 31.2 Å². The van der Waals surface area contributed by atoms with Gasteiger partial charge in [-0.25, -0.2) is 0 Å². The van der Waals surface area contributed by atoms with E-state index in [-0.39, 0.29) is 17.9 Å². The number of carbonyl (C=O) groups is 1. The van der Waals surface area contributed by atoms with E-state index in [2.05, 4.69) is 29.2 Å². The van der Waals surface area contributed by atoms with Crippen LogP contribution in [0, 0.1) is 5.92 Å². The second kappa shape index (κ2) is 6.94. The van der Waals surface area contributed by atoms with Crippen molar-refractivity contribution in [3.8, 4) is 0 Å². The summed E-state index contributed by atoms with van der Waals surface area (Å²) in [5, 5.41) is 0. The van der Waals surface area contributed by atoms with Crippen LogP contribution in [-0.2, 0) is 11.3 Å². The van der Waals surface area contributed by atoms with Gasteiger partial charge in [0.2, 0.25) is 5.91 Å². The van der Waals surface area contributed by atoms with Gasteiger partial charge in [0.05, 0.1) is 5.92 Å². The first-order valence-electron chi connectivity index (χ1n) is 7.76. The molecule has 2 N–H and O–H groups in total. The fourth-order valence-electron chi connectivity index (χ4n) is 3.00. The predicted octanol–water partition coefficient (Wildman–Crippen LogP) is 2.23. The van der Waals surface area contributed by atoms with Gasteiger partial charge < -0.3 is 15.5 Å². The van der Waals surface area contributed by atoms with Gasteiger partial charge in [-0.05, 0) is 30.5 Å². The van der Waals surface area contributed by atoms with Crippen molar-refractivity contribution in [3.05, 3.63) is 29.8 Å². The topological polar surface area (TPSA) is 49.6 Å². The highest BCUT2D eigenvalue weighted by Crippen LogP contribution is 2.25. The minimum atomic E-state index is 0.00444. The fourth-order valence-corrected chi connectivity index (χ4v) is 3.00. The molecule has 1 aromatic rings. The molecule has 0 radical (unpaired) electrons. The normalized spacial score (nSPS) is 21.9. The van der Waals surface area contributed by atoms with Crippen molar-refractivity contribution in [3.63, 3.8) is 0 Å². The highest BCUT2D eigenvalue weighted by molar-refractivity contribution is 5.79. The zero-order valence-electron chi connectivity index (χ0n) is 13.4. The van der Waals surface area contributed by atoms with Gasteiger partial charge in [-0.1, -0.05) is 25.0 Å². The summed E-state index contributed by atoms with van der Waals surface area (Å²) in [4.78, 5) is 16.4. The number of nitrogens with zero attached hydrogens (tertiary/aromatic N) is 2. The molecule has 0 aliphatic heterocycles. The second-order valence-electron chi connectivity index (χ2n) is 6.31. The summed E-state index contributed by atoms with van der Waals surface area (Å²) in [5.74, 6) is 0.198. The third-order valence-electron chi connectivity index (χ3n) is 4.39. The zero-order chi connectivity index (χ0) is 15.4. The van der Waals surface area contributed by atoms with Gasteiger partial charge in [0.15, 0.2) is 0 Å². The molecular weight excluding hydrogens is 262 g/mol. The van der Waals surface area contributed by atoms with Crippen molar-refractivity contribution >= 4 is 11.6 Å². The molecule has 1 aromatic carbocycles. The number of hydrogen-bond donors (Lipinski definition) is 1. The minimum absolute atomic E-state index is 0.00444. The van der Waals surface area contributed by atoms with Gasteiger partial charge in [0.1, 0.15) is 0 Å². The van der Waals surface area contributed by atoms with Gasteiger partial charge in [-0.3, -0.25) is 4.79 Å². The van der Waals surface area contributed by atoms with Gasteiger partial charge >= 0.3 is 0 Å². The Bertz CT molecular complexity index is 469. The van der Waals surface area contributed by atoms with Crippen LogP contribution in [0.3, 0.4) is 0 Å². The molecule has 2 atom stereocenters. The quantitative estimate of drug-likeness (QED) is 0.924. The molecule has 4 heteroatoms. The molecule has 1 aliphatic carbocycles. The molecule has 2 unspecified atom stereocenters. The lowest BCUT2D eigenvalue weighted by Crippen LogP contribution is -2.44. The first-order chi connectivity index (χ1) is 9.99. The van der Waals surface area contributed by atoms with Gasteiger partial charge in [-0.2, -0.15) is 0 Å². The SMILES string of the molecule is CN(Cc1ccc(N(C)C)cc1)C(=O)C1CCCCC1N. The van der Waals surface area contributed by atoms with Crippen LogP contribution in [0.5, 0.6) is 0 Å². The van der Waals surface area contributed by atoms with Crippen molar-refractivity contribution < 1.29 is 4.79 Å². The summed E-state index contributed by atoms with van der Waals surface area (Å²) in [6.45, 7) is 0.649. The third-order valence-corrected chi connectivity index (χ3v) is 4.39. The lowest BCUT2D eigenvalue weighted by molar-refractivity contribution is -0.136. The summed E-state index contributed by atoms with van der Waals surface area (Å²) >= 11 is 0. The molecule has 21 heavy (non-hydrogen) atoms. The molecule has 0 saturated heterocycles. The molecule has 116 valence electrons. The van der Waals surface area contributed by atoms with E-state index >= 15 is 0 Å². The van der Waals surface area contributed by atoms with Crippen LogP contribution in [0.2, 0.25) is 0 Å². The molecule has 2 rings (SSSR count). The Hall–Kier alpha value is -1.55. The van der Waals surface area contributed by atoms with Crippen molar-refractivity contribution in [1.82, 2.24) is 4.90 Å². The summed E-state index contributed by atoms with van der Waals surface area (Å²) in [6.07, 6.45) is 4.18. The van der Waals surface area contributed by atoms with Crippen molar-refractivity contribution in [2.24, 2.45) is 11.7 Å². The van der Waals surface area contributed by atoms with E-state index in [1.807, 2.05) is 26.0 Å². The van der Waals surface area contributed by atoms with Gasteiger partial charge in [0, 0.05) is 39.4 Å². The Labute approximate surface area is 127 Å². The summed E-state index contributed by atoms with van der Waals surface area (Å²) in [7, 11) is 5.92. The smallest absolute Gasteiger partial charge is 0.227 e. The third kappa shape index (κ3) is 3.97. The van der Waals surface area contributed by atoms with Crippen molar-refractivity contribution in [1.29, 1.82) is 0 Å². The first kappa shape index (κ1) is 15.8. The van der Waals surface area contributed by atoms with Crippen molar-refractivity contribution in [2.75, 3.05) is 26.0 Å². The number of carbonyl (C=O) groups excluding carboxylic acids is 1. The van der Waals surface area contributed by atoms with Crippen molar-refractivity contribution in [2.45, 2.75) is 38.3 Å². The lowest BCUT2D eigenvalue weighted by Gasteiger charge is -2.31. The Morgan fingerprint density at radius 3 is 2.33 bits per heavy atom. The molecule has 0 aromatic heterocycles. The second-order valence-corrected chi connectivity index (χ2v) is 6.31.